The smallest absolute Gasteiger partial charge is 0.291 e. The largest absolute Gasteiger partial charge is 0.335 e. The van der Waals surface area contributed by atoms with Gasteiger partial charge in [-0.05, 0) is 45.8 Å². The number of nitrogens with zero attached hydrogens (tertiary/aromatic N) is 4. The van der Waals surface area contributed by atoms with Crippen LogP contribution in [0, 0.1) is 6.92 Å². The monoisotopic (exact) mass is 330 g/mol. The molecule has 0 N–H and O–H groups in total. The normalized spacial score (nSPS) is 16.1. The highest BCUT2D eigenvalue weighted by atomic mass is 32.1. The molecule has 0 unspecified atom stereocenters. The zero-order chi connectivity index (χ0) is 16.0. The fourth-order valence-corrected chi connectivity index (χ4v) is 4.68. The Bertz CT molecular complexity index is 914. The van der Waals surface area contributed by atoms with Crippen LogP contribution in [0.4, 0.5) is 0 Å². The molecule has 4 heterocycles. The number of likely N-dealkylation sites (tertiary alicyclic amines) is 1. The summed E-state index contributed by atoms with van der Waals surface area (Å²) in [5.74, 6) is 0. The summed E-state index contributed by atoms with van der Waals surface area (Å²) >= 11 is 1.75. The maximum atomic E-state index is 12.9. The van der Waals surface area contributed by atoms with Crippen LogP contribution in [0.2, 0.25) is 0 Å². The van der Waals surface area contributed by atoms with Crippen LogP contribution in [-0.2, 0) is 13.1 Å². The van der Waals surface area contributed by atoms with Crippen LogP contribution in [0.1, 0.15) is 24.6 Å². The van der Waals surface area contributed by atoms with E-state index in [1.54, 1.807) is 16.0 Å². The zero-order valence-electron chi connectivity index (χ0n) is 13.7. The van der Waals surface area contributed by atoms with Gasteiger partial charge >= 0.3 is 0 Å². The van der Waals surface area contributed by atoms with E-state index in [0.717, 1.165) is 37.1 Å². The summed E-state index contributed by atoms with van der Waals surface area (Å²) in [6.45, 7) is 8.91. The highest BCUT2D eigenvalue weighted by Gasteiger charge is 2.18. The molecule has 0 bridgehead atoms. The van der Waals surface area contributed by atoms with Crippen LogP contribution >= 0.6 is 11.3 Å². The lowest BCUT2D eigenvalue weighted by atomic mass is 10.3. The van der Waals surface area contributed by atoms with Crippen LogP contribution in [0.15, 0.2) is 17.1 Å². The van der Waals surface area contributed by atoms with Crippen molar-refractivity contribution in [3.63, 3.8) is 0 Å². The molecule has 4 rings (SSSR count). The van der Waals surface area contributed by atoms with E-state index in [1.165, 1.54) is 27.9 Å². The molecule has 1 fully saturated rings. The molecule has 1 aliphatic heterocycles. The molecular formula is C17H22N4OS. The number of rotatable bonds is 4. The standard InChI is InChI=1S/C17H22N4OS/c1-3-20-14-10-12(2)23-16(14)13-11-18-21(17(22)15(13)20)9-8-19-6-4-5-7-19/h10-11H,3-9H2,1-2H3. The predicted octanol–water partition coefficient (Wildman–Crippen LogP) is 2.84. The van der Waals surface area contributed by atoms with Crippen molar-refractivity contribution < 1.29 is 0 Å². The van der Waals surface area contributed by atoms with Gasteiger partial charge < -0.3 is 9.47 Å². The molecule has 0 spiro atoms. The third-order valence-electron chi connectivity index (χ3n) is 4.80. The third kappa shape index (κ3) is 2.40. The fraction of sp³-hybridized carbons (Fsp3) is 0.529. The Hall–Kier alpha value is -1.66. The van der Waals surface area contributed by atoms with E-state index < -0.39 is 0 Å². The van der Waals surface area contributed by atoms with Crippen molar-refractivity contribution >= 4 is 32.5 Å². The van der Waals surface area contributed by atoms with Gasteiger partial charge in [0.25, 0.3) is 5.56 Å². The molecule has 3 aromatic heterocycles. The molecular weight excluding hydrogens is 308 g/mol. The first-order chi connectivity index (χ1) is 11.2. The number of aromatic nitrogens is 3. The maximum absolute atomic E-state index is 12.9. The molecule has 3 aromatic rings. The van der Waals surface area contributed by atoms with E-state index in [4.69, 9.17) is 0 Å². The summed E-state index contributed by atoms with van der Waals surface area (Å²) in [7, 11) is 0. The number of fused-ring (bicyclic) bond motifs is 3. The summed E-state index contributed by atoms with van der Waals surface area (Å²) in [5.41, 5.74) is 2.02. The Morgan fingerprint density at radius 3 is 2.78 bits per heavy atom. The number of aryl methyl sites for hydroxylation is 2. The lowest BCUT2D eigenvalue weighted by Gasteiger charge is -2.14. The SMILES string of the molecule is CCn1c2cc(C)sc2c2cnn(CCN3CCCC3)c(=O)c21. The minimum absolute atomic E-state index is 0.0459. The van der Waals surface area contributed by atoms with Crippen molar-refractivity contribution in [1.82, 2.24) is 19.2 Å². The molecule has 0 radical (unpaired) electrons. The lowest BCUT2D eigenvalue weighted by Crippen LogP contribution is -2.31. The van der Waals surface area contributed by atoms with E-state index in [-0.39, 0.29) is 5.56 Å². The van der Waals surface area contributed by atoms with E-state index >= 15 is 0 Å². The van der Waals surface area contributed by atoms with Crippen LogP contribution in [0.3, 0.4) is 0 Å². The van der Waals surface area contributed by atoms with Crippen molar-refractivity contribution in [3.05, 3.63) is 27.5 Å². The highest BCUT2D eigenvalue weighted by molar-refractivity contribution is 7.20. The first-order valence-corrected chi connectivity index (χ1v) is 9.21. The van der Waals surface area contributed by atoms with E-state index in [9.17, 15) is 4.79 Å². The average Bonchev–Trinajstić information content (AvgIpc) is 3.22. The lowest BCUT2D eigenvalue weighted by molar-refractivity contribution is 0.312. The van der Waals surface area contributed by atoms with Crippen LogP contribution < -0.4 is 5.56 Å². The van der Waals surface area contributed by atoms with E-state index in [0.29, 0.717) is 6.54 Å². The van der Waals surface area contributed by atoms with Gasteiger partial charge in [-0.1, -0.05) is 0 Å². The second kappa shape index (κ2) is 5.76. The molecule has 122 valence electrons. The van der Waals surface area contributed by atoms with Crippen LogP contribution in [-0.4, -0.2) is 38.9 Å². The zero-order valence-corrected chi connectivity index (χ0v) is 14.5. The molecule has 0 saturated carbocycles. The van der Waals surface area contributed by atoms with Gasteiger partial charge in [0.2, 0.25) is 0 Å². The molecule has 0 aromatic carbocycles. The molecule has 1 aliphatic rings. The number of thiophene rings is 1. The Morgan fingerprint density at radius 2 is 2.04 bits per heavy atom. The van der Waals surface area contributed by atoms with Gasteiger partial charge in [-0.15, -0.1) is 11.3 Å². The van der Waals surface area contributed by atoms with E-state index in [2.05, 4.69) is 34.5 Å². The molecule has 1 saturated heterocycles. The molecule has 0 aliphatic carbocycles. The summed E-state index contributed by atoms with van der Waals surface area (Å²) in [6.07, 6.45) is 4.43. The van der Waals surface area contributed by atoms with Gasteiger partial charge in [0, 0.05) is 23.4 Å². The maximum Gasteiger partial charge on any atom is 0.291 e. The quantitative estimate of drug-likeness (QED) is 0.739. The fourth-order valence-electron chi connectivity index (χ4n) is 3.65. The Labute approximate surface area is 139 Å². The predicted molar refractivity (Wildman–Crippen MR) is 95.5 cm³/mol. The van der Waals surface area contributed by atoms with Gasteiger partial charge in [0.05, 0.1) is 23.0 Å². The average molecular weight is 330 g/mol. The van der Waals surface area contributed by atoms with Gasteiger partial charge in [0.1, 0.15) is 5.52 Å². The van der Waals surface area contributed by atoms with Crippen molar-refractivity contribution in [2.45, 2.75) is 39.8 Å². The topological polar surface area (TPSA) is 43.1 Å². The highest BCUT2D eigenvalue weighted by Crippen LogP contribution is 2.33. The van der Waals surface area contributed by atoms with Gasteiger partial charge in [-0.2, -0.15) is 5.10 Å². The minimum Gasteiger partial charge on any atom is -0.335 e. The summed E-state index contributed by atoms with van der Waals surface area (Å²) in [5, 5.41) is 5.45. The number of hydrogen-bond acceptors (Lipinski definition) is 4. The van der Waals surface area contributed by atoms with Crippen molar-refractivity contribution in [1.29, 1.82) is 0 Å². The van der Waals surface area contributed by atoms with Gasteiger partial charge in [0.15, 0.2) is 0 Å². The molecule has 5 nitrogen and oxygen atoms in total. The van der Waals surface area contributed by atoms with Crippen LogP contribution in [0.5, 0.6) is 0 Å². The van der Waals surface area contributed by atoms with E-state index in [1.807, 2.05) is 6.20 Å². The minimum atomic E-state index is 0.0459. The Kier molecular flexibility index (Phi) is 3.73. The summed E-state index contributed by atoms with van der Waals surface area (Å²) < 4.78 is 4.98. The third-order valence-corrected chi connectivity index (χ3v) is 5.88. The first kappa shape index (κ1) is 14.9. The molecule has 0 amide bonds. The molecule has 23 heavy (non-hydrogen) atoms. The van der Waals surface area contributed by atoms with Gasteiger partial charge in [-0.3, -0.25) is 4.79 Å². The van der Waals surface area contributed by atoms with Crippen molar-refractivity contribution in [2.24, 2.45) is 0 Å². The second-order valence-electron chi connectivity index (χ2n) is 6.30. The molecule has 0 atom stereocenters. The van der Waals surface area contributed by atoms with Crippen LogP contribution in [0.25, 0.3) is 21.1 Å². The first-order valence-electron chi connectivity index (χ1n) is 8.40. The number of hydrogen-bond donors (Lipinski definition) is 0. The molecule has 6 heteroatoms. The van der Waals surface area contributed by atoms with Gasteiger partial charge in [-0.25, -0.2) is 4.68 Å². The Balaban J connectivity index is 1.79. The van der Waals surface area contributed by atoms with Crippen molar-refractivity contribution in [3.8, 4) is 0 Å². The Morgan fingerprint density at radius 1 is 1.26 bits per heavy atom. The second-order valence-corrected chi connectivity index (χ2v) is 7.56. The summed E-state index contributed by atoms with van der Waals surface area (Å²) in [6, 6.07) is 2.18. The summed E-state index contributed by atoms with van der Waals surface area (Å²) in [4.78, 5) is 16.6. The van der Waals surface area contributed by atoms with Crippen molar-refractivity contribution in [2.75, 3.05) is 19.6 Å².